The van der Waals surface area contributed by atoms with Crippen LogP contribution in [0, 0.1) is 10.1 Å². The van der Waals surface area contributed by atoms with Crippen molar-refractivity contribution in [3.8, 4) is 0 Å². The van der Waals surface area contributed by atoms with Gasteiger partial charge in [-0.05, 0) is 19.1 Å². The zero-order valence-corrected chi connectivity index (χ0v) is 9.51. The topological polar surface area (TPSA) is 67.5 Å². The Morgan fingerprint density at radius 1 is 1.53 bits per heavy atom. The molecule has 17 heavy (non-hydrogen) atoms. The molecule has 1 N–H and O–H groups in total. The van der Waals surface area contributed by atoms with Crippen LogP contribution in [-0.2, 0) is 0 Å². The Hall–Kier alpha value is -2.43. The van der Waals surface area contributed by atoms with Gasteiger partial charge in [-0.25, -0.2) is 4.99 Å². The van der Waals surface area contributed by atoms with Crippen LogP contribution >= 0.6 is 0 Å². The van der Waals surface area contributed by atoms with Crippen LogP contribution in [0.2, 0.25) is 0 Å². The molecule has 5 nitrogen and oxygen atoms in total. The summed E-state index contributed by atoms with van der Waals surface area (Å²) in [6.07, 6.45) is 1.58. The Morgan fingerprint density at radius 3 is 2.76 bits per heavy atom. The third-order valence-corrected chi connectivity index (χ3v) is 1.99. The van der Waals surface area contributed by atoms with Gasteiger partial charge in [-0.3, -0.25) is 10.1 Å². The average molecular weight is 231 g/mol. The molecule has 0 radical (unpaired) electrons. The SMILES string of the molecule is C=C/C(C)=N\C(=C)Nc1ccccc1[N+](=O)[O-]. The molecule has 0 heterocycles. The maximum absolute atomic E-state index is 10.8. The number of nitro benzene ring substituents is 1. The van der Waals surface area contributed by atoms with Crippen molar-refractivity contribution in [3.05, 3.63) is 59.4 Å². The van der Waals surface area contributed by atoms with Gasteiger partial charge in [0.05, 0.1) is 4.92 Å². The van der Waals surface area contributed by atoms with Crippen LogP contribution in [0.25, 0.3) is 0 Å². The fourth-order valence-electron chi connectivity index (χ4n) is 1.18. The van der Waals surface area contributed by atoms with Crippen molar-refractivity contribution in [2.75, 3.05) is 5.32 Å². The van der Waals surface area contributed by atoms with E-state index in [-0.39, 0.29) is 5.69 Å². The number of para-hydroxylation sites is 2. The third kappa shape index (κ3) is 3.57. The van der Waals surface area contributed by atoms with Gasteiger partial charge in [-0.1, -0.05) is 25.3 Å². The van der Waals surface area contributed by atoms with E-state index in [0.717, 1.165) is 0 Å². The molecule has 88 valence electrons. The molecule has 0 aliphatic heterocycles. The number of anilines is 1. The second kappa shape index (κ2) is 5.60. The Bertz CT molecular complexity index is 492. The van der Waals surface area contributed by atoms with Crippen LogP contribution in [0.3, 0.4) is 0 Å². The van der Waals surface area contributed by atoms with Gasteiger partial charge < -0.3 is 5.32 Å². The normalized spacial score (nSPS) is 10.8. The van der Waals surface area contributed by atoms with Crippen LogP contribution in [0.1, 0.15) is 6.92 Å². The van der Waals surface area contributed by atoms with Gasteiger partial charge in [0, 0.05) is 11.8 Å². The molecular formula is C12H13N3O2. The van der Waals surface area contributed by atoms with Crippen molar-refractivity contribution >= 4 is 17.1 Å². The fraction of sp³-hybridized carbons (Fsp3) is 0.0833. The first-order valence-corrected chi connectivity index (χ1v) is 4.91. The molecule has 0 amide bonds. The zero-order valence-electron chi connectivity index (χ0n) is 9.51. The van der Waals surface area contributed by atoms with E-state index in [2.05, 4.69) is 23.5 Å². The molecule has 0 spiro atoms. The zero-order chi connectivity index (χ0) is 12.8. The van der Waals surface area contributed by atoms with Crippen LogP contribution in [0.5, 0.6) is 0 Å². The van der Waals surface area contributed by atoms with E-state index in [1.807, 2.05) is 0 Å². The predicted octanol–water partition coefficient (Wildman–Crippen LogP) is 3.12. The molecule has 0 fully saturated rings. The maximum atomic E-state index is 10.8. The first-order valence-electron chi connectivity index (χ1n) is 4.91. The lowest BCUT2D eigenvalue weighted by Gasteiger charge is -2.06. The number of allylic oxidation sites excluding steroid dienone is 1. The predicted molar refractivity (Wildman–Crippen MR) is 69.2 cm³/mol. The van der Waals surface area contributed by atoms with Crippen LogP contribution in [0.15, 0.2) is 54.3 Å². The Labute approximate surface area is 99.3 Å². The fourth-order valence-corrected chi connectivity index (χ4v) is 1.18. The average Bonchev–Trinajstić information content (AvgIpc) is 2.29. The molecule has 1 rings (SSSR count). The van der Waals surface area contributed by atoms with E-state index in [0.29, 0.717) is 17.2 Å². The van der Waals surface area contributed by atoms with Gasteiger partial charge in [0.25, 0.3) is 5.69 Å². The van der Waals surface area contributed by atoms with Crippen molar-refractivity contribution in [2.45, 2.75) is 6.92 Å². The summed E-state index contributed by atoms with van der Waals surface area (Å²) in [7, 11) is 0. The monoisotopic (exact) mass is 231 g/mol. The molecule has 0 aromatic heterocycles. The minimum absolute atomic E-state index is 0.0138. The van der Waals surface area contributed by atoms with Crippen molar-refractivity contribution in [1.82, 2.24) is 0 Å². The highest BCUT2D eigenvalue weighted by molar-refractivity contribution is 5.93. The number of nitrogens with zero attached hydrogens (tertiary/aromatic N) is 2. The molecule has 1 aromatic carbocycles. The van der Waals surface area contributed by atoms with E-state index < -0.39 is 4.92 Å². The van der Waals surface area contributed by atoms with Crippen molar-refractivity contribution in [1.29, 1.82) is 0 Å². The molecular weight excluding hydrogens is 218 g/mol. The highest BCUT2D eigenvalue weighted by Gasteiger charge is 2.12. The molecule has 0 saturated carbocycles. The third-order valence-electron chi connectivity index (χ3n) is 1.99. The highest BCUT2D eigenvalue weighted by atomic mass is 16.6. The van der Waals surface area contributed by atoms with Crippen LogP contribution in [-0.4, -0.2) is 10.6 Å². The van der Waals surface area contributed by atoms with Crippen molar-refractivity contribution < 1.29 is 4.92 Å². The number of nitrogens with one attached hydrogen (secondary N) is 1. The van der Waals surface area contributed by atoms with E-state index in [1.165, 1.54) is 6.07 Å². The summed E-state index contributed by atoms with van der Waals surface area (Å²) in [5, 5.41) is 13.6. The van der Waals surface area contributed by atoms with Crippen LogP contribution < -0.4 is 5.32 Å². The van der Waals surface area contributed by atoms with Gasteiger partial charge in [0.2, 0.25) is 0 Å². The smallest absolute Gasteiger partial charge is 0.292 e. The quantitative estimate of drug-likeness (QED) is 0.481. The lowest BCUT2D eigenvalue weighted by Crippen LogP contribution is -2.01. The number of rotatable bonds is 5. The first-order chi connectivity index (χ1) is 8.04. The highest BCUT2D eigenvalue weighted by Crippen LogP contribution is 2.24. The summed E-state index contributed by atoms with van der Waals surface area (Å²) < 4.78 is 0. The molecule has 0 atom stereocenters. The molecule has 0 bridgehead atoms. The Kier molecular flexibility index (Phi) is 4.16. The van der Waals surface area contributed by atoms with Gasteiger partial charge in [-0.15, -0.1) is 0 Å². The van der Waals surface area contributed by atoms with Gasteiger partial charge >= 0.3 is 0 Å². The first kappa shape index (κ1) is 12.6. The molecule has 0 aliphatic rings. The minimum atomic E-state index is -0.459. The van der Waals surface area contributed by atoms with Crippen molar-refractivity contribution in [2.24, 2.45) is 4.99 Å². The number of benzene rings is 1. The summed E-state index contributed by atoms with van der Waals surface area (Å²) >= 11 is 0. The van der Waals surface area contributed by atoms with Crippen LogP contribution in [0.4, 0.5) is 11.4 Å². The maximum Gasteiger partial charge on any atom is 0.292 e. The summed E-state index contributed by atoms with van der Waals surface area (Å²) in [6.45, 7) is 8.99. The standard InChI is InChI=1S/C12H13N3O2/c1-4-9(2)13-10(3)14-11-7-5-6-8-12(11)15(16)17/h4-8,14H,1,3H2,2H3/b13-9-. The lowest BCUT2D eigenvalue weighted by atomic mass is 10.2. The molecule has 0 aliphatic carbocycles. The largest absolute Gasteiger partial charge is 0.335 e. The number of aliphatic imine (C=N–C) groups is 1. The molecule has 0 unspecified atom stereocenters. The summed E-state index contributed by atoms with van der Waals surface area (Å²) in [5.41, 5.74) is 1.03. The summed E-state index contributed by atoms with van der Waals surface area (Å²) in [4.78, 5) is 14.4. The number of hydrogen-bond donors (Lipinski definition) is 1. The van der Waals surface area contributed by atoms with Gasteiger partial charge in [0.1, 0.15) is 11.5 Å². The summed E-state index contributed by atoms with van der Waals surface area (Å²) in [5.74, 6) is 0.330. The molecule has 0 saturated heterocycles. The lowest BCUT2D eigenvalue weighted by molar-refractivity contribution is -0.383. The Balaban J connectivity index is 2.92. The van der Waals surface area contributed by atoms with Crippen molar-refractivity contribution in [3.63, 3.8) is 0 Å². The van der Waals surface area contributed by atoms with Gasteiger partial charge in [0.15, 0.2) is 0 Å². The minimum Gasteiger partial charge on any atom is -0.335 e. The van der Waals surface area contributed by atoms with Gasteiger partial charge in [-0.2, -0.15) is 0 Å². The second-order valence-corrected chi connectivity index (χ2v) is 3.30. The summed E-state index contributed by atoms with van der Waals surface area (Å²) in [6, 6.07) is 6.32. The van der Waals surface area contributed by atoms with E-state index >= 15 is 0 Å². The van der Waals surface area contributed by atoms with E-state index in [9.17, 15) is 10.1 Å². The molecule has 1 aromatic rings. The van der Waals surface area contributed by atoms with E-state index in [1.54, 1.807) is 31.2 Å². The number of hydrogen-bond acceptors (Lipinski definition) is 4. The van der Waals surface area contributed by atoms with E-state index in [4.69, 9.17) is 0 Å². The number of nitro groups is 1. The Morgan fingerprint density at radius 2 is 2.18 bits per heavy atom. The molecule has 5 heteroatoms. The second-order valence-electron chi connectivity index (χ2n) is 3.30.